The highest BCUT2D eigenvalue weighted by atomic mass is 19.1. The van der Waals surface area contributed by atoms with Gasteiger partial charge in [-0.2, -0.15) is 0 Å². The van der Waals surface area contributed by atoms with Crippen LogP contribution in [0, 0.1) is 11.7 Å². The van der Waals surface area contributed by atoms with Crippen LogP contribution in [-0.2, 0) is 22.4 Å². The van der Waals surface area contributed by atoms with E-state index in [1.165, 1.54) is 13.2 Å². The second-order valence-corrected chi connectivity index (χ2v) is 9.57. The van der Waals surface area contributed by atoms with Gasteiger partial charge < -0.3 is 14.8 Å². The Hall–Kier alpha value is -3.48. The van der Waals surface area contributed by atoms with E-state index in [4.69, 9.17) is 14.5 Å². The molecule has 0 radical (unpaired) electrons. The monoisotopic (exact) mass is 466 g/mol. The molecule has 6 nitrogen and oxygen atoms in total. The minimum Gasteiger partial charge on any atom is -0.465 e. The summed E-state index contributed by atoms with van der Waals surface area (Å²) in [6.45, 7) is 9.58. The molecule has 0 aliphatic carbocycles. The predicted molar refractivity (Wildman–Crippen MR) is 130 cm³/mol. The van der Waals surface area contributed by atoms with Crippen LogP contribution < -0.4 is 5.32 Å². The summed E-state index contributed by atoms with van der Waals surface area (Å²) in [5.41, 5.74) is 2.68. The van der Waals surface area contributed by atoms with Crippen LogP contribution in [0.1, 0.15) is 56.2 Å². The van der Waals surface area contributed by atoms with Crippen molar-refractivity contribution in [3.63, 3.8) is 0 Å². The summed E-state index contributed by atoms with van der Waals surface area (Å²) in [7, 11) is 1.31. The standard InChI is InChI=1S/C27H31FN2O4/c1-16(2)13-23-20(15-29-26(32)34-27(3,4)5)24(18-9-7-8-10-21(18)28)19-14-17(25(31)33-6)11-12-22(19)30-23/h7-12,14,16H,13,15H2,1-6H3,(H,29,32). The van der Waals surface area contributed by atoms with Gasteiger partial charge in [0, 0.05) is 34.3 Å². The third kappa shape index (κ3) is 5.90. The second-order valence-electron chi connectivity index (χ2n) is 9.57. The van der Waals surface area contributed by atoms with Gasteiger partial charge >= 0.3 is 12.1 Å². The molecule has 0 saturated carbocycles. The van der Waals surface area contributed by atoms with Crippen molar-refractivity contribution in [1.82, 2.24) is 10.3 Å². The Kier molecular flexibility index (Phi) is 7.54. The van der Waals surface area contributed by atoms with Crippen molar-refractivity contribution in [1.29, 1.82) is 0 Å². The molecule has 34 heavy (non-hydrogen) atoms. The van der Waals surface area contributed by atoms with Crippen molar-refractivity contribution < 1.29 is 23.5 Å². The minimum atomic E-state index is -0.656. The smallest absolute Gasteiger partial charge is 0.407 e. The van der Waals surface area contributed by atoms with Gasteiger partial charge in [0.2, 0.25) is 0 Å². The average Bonchev–Trinajstić information content (AvgIpc) is 2.75. The molecule has 0 bridgehead atoms. The number of hydrogen-bond acceptors (Lipinski definition) is 5. The summed E-state index contributed by atoms with van der Waals surface area (Å²) in [5, 5.41) is 3.40. The van der Waals surface area contributed by atoms with E-state index < -0.39 is 23.5 Å². The molecule has 2 aromatic carbocycles. The molecule has 1 aromatic heterocycles. The van der Waals surface area contributed by atoms with Crippen molar-refractivity contribution in [2.45, 2.75) is 53.2 Å². The van der Waals surface area contributed by atoms with Crippen LogP contribution in [0.15, 0.2) is 42.5 Å². The molecule has 1 N–H and O–H groups in total. The Morgan fingerprint density at radius 3 is 2.44 bits per heavy atom. The van der Waals surface area contributed by atoms with E-state index in [1.54, 1.807) is 57.2 Å². The number of halogens is 1. The number of hydrogen-bond donors (Lipinski definition) is 1. The number of alkyl carbamates (subject to hydrolysis) is 1. The zero-order valence-electron chi connectivity index (χ0n) is 20.5. The Labute approximate surface area is 199 Å². The van der Waals surface area contributed by atoms with E-state index in [-0.39, 0.29) is 12.5 Å². The summed E-state index contributed by atoms with van der Waals surface area (Å²) in [4.78, 5) is 29.5. The molecule has 1 heterocycles. The van der Waals surface area contributed by atoms with Crippen LogP contribution in [0.3, 0.4) is 0 Å². The molecular formula is C27H31FN2O4. The quantitative estimate of drug-likeness (QED) is 0.448. The number of nitrogens with zero attached hydrogens (tertiary/aromatic N) is 1. The summed E-state index contributed by atoms with van der Waals surface area (Å²) < 4.78 is 25.4. The zero-order chi connectivity index (χ0) is 25.0. The van der Waals surface area contributed by atoms with E-state index in [2.05, 4.69) is 19.2 Å². The fourth-order valence-electron chi connectivity index (χ4n) is 3.79. The lowest BCUT2D eigenvalue weighted by Crippen LogP contribution is -2.32. The number of aromatic nitrogens is 1. The maximum absolute atomic E-state index is 15.1. The first-order chi connectivity index (χ1) is 16.0. The summed E-state index contributed by atoms with van der Waals surface area (Å²) in [6, 6.07) is 11.5. The maximum Gasteiger partial charge on any atom is 0.407 e. The van der Waals surface area contributed by atoms with E-state index >= 15 is 4.39 Å². The number of fused-ring (bicyclic) bond motifs is 1. The number of methoxy groups -OCH3 is 1. The van der Waals surface area contributed by atoms with Gasteiger partial charge in [0.15, 0.2) is 0 Å². The molecular weight excluding hydrogens is 435 g/mol. The van der Waals surface area contributed by atoms with Gasteiger partial charge in [0.1, 0.15) is 11.4 Å². The lowest BCUT2D eigenvalue weighted by Gasteiger charge is -2.22. The van der Waals surface area contributed by atoms with Crippen molar-refractivity contribution in [3.05, 3.63) is 65.1 Å². The van der Waals surface area contributed by atoms with Crippen LogP contribution in [0.4, 0.5) is 9.18 Å². The molecule has 0 unspecified atom stereocenters. The van der Waals surface area contributed by atoms with Gasteiger partial charge in [-0.1, -0.05) is 32.0 Å². The average molecular weight is 467 g/mol. The summed E-state index contributed by atoms with van der Waals surface area (Å²) >= 11 is 0. The lowest BCUT2D eigenvalue weighted by molar-refractivity contribution is 0.0522. The van der Waals surface area contributed by atoms with Gasteiger partial charge in [-0.25, -0.2) is 14.0 Å². The van der Waals surface area contributed by atoms with Crippen LogP contribution in [-0.4, -0.2) is 29.8 Å². The number of pyridine rings is 1. The molecule has 3 aromatic rings. The number of rotatable bonds is 6. The molecule has 0 spiro atoms. The van der Waals surface area contributed by atoms with Gasteiger partial charge in [0.05, 0.1) is 18.2 Å². The van der Waals surface area contributed by atoms with E-state index in [0.717, 1.165) is 5.69 Å². The van der Waals surface area contributed by atoms with Crippen LogP contribution in [0.25, 0.3) is 22.0 Å². The van der Waals surface area contributed by atoms with Crippen molar-refractivity contribution >= 4 is 23.0 Å². The molecule has 7 heteroatoms. The summed E-state index contributed by atoms with van der Waals surface area (Å²) in [5.74, 6) is -0.637. The third-order valence-corrected chi connectivity index (χ3v) is 5.15. The molecule has 1 amide bonds. The Bertz CT molecular complexity index is 1220. The number of ether oxygens (including phenoxy) is 2. The van der Waals surface area contributed by atoms with E-state index in [9.17, 15) is 9.59 Å². The molecule has 0 aliphatic rings. The largest absolute Gasteiger partial charge is 0.465 e. The SMILES string of the molecule is COC(=O)c1ccc2nc(CC(C)C)c(CNC(=O)OC(C)(C)C)c(-c3ccccc3F)c2c1. The fraction of sp³-hybridized carbons (Fsp3) is 0.370. The van der Waals surface area contributed by atoms with E-state index in [1.807, 2.05) is 0 Å². The molecule has 0 atom stereocenters. The highest BCUT2D eigenvalue weighted by Gasteiger charge is 2.22. The van der Waals surface area contributed by atoms with E-state index in [0.29, 0.717) is 39.6 Å². The molecule has 3 rings (SSSR count). The van der Waals surface area contributed by atoms with Crippen molar-refractivity contribution in [2.24, 2.45) is 5.92 Å². The highest BCUT2D eigenvalue weighted by molar-refractivity contribution is 6.01. The number of benzene rings is 2. The minimum absolute atomic E-state index is 0.0893. The fourth-order valence-corrected chi connectivity index (χ4v) is 3.79. The number of carbonyl (C=O) groups is 2. The normalized spacial score (nSPS) is 11.5. The topological polar surface area (TPSA) is 77.5 Å². The maximum atomic E-state index is 15.1. The van der Waals surface area contributed by atoms with Gasteiger partial charge in [-0.05, 0) is 57.4 Å². The zero-order valence-corrected chi connectivity index (χ0v) is 20.5. The van der Waals surface area contributed by atoms with Crippen LogP contribution in [0.5, 0.6) is 0 Å². The number of amides is 1. The predicted octanol–water partition coefficient (Wildman–Crippen LogP) is 6.05. The molecule has 0 saturated heterocycles. The number of esters is 1. The number of nitrogens with one attached hydrogen (secondary N) is 1. The first-order valence-corrected chi connectivity index (χ1v) is 11.3. The first-order valence-electron chi connectivity index (χ1n) is 11.3. The van der Waals surface area contributed by atoms with Gasteiger partial charge in [-0.3, -0.25) is 4.98 Å². The molecule has 0 aliphatic heterocycles. The Balaban J connectivity index is 2.27. The highest BCUT2D eigenvalue weighted by Crippen LogP contribution is 2.36. The van der Waals surface area contributed by atoms with Crippen molar-refractivity contribution in [3.8, 4) is 11.1 Å². The lowest BCUT2D eigenvalue weighted by atomic mass is 9.90. The summed E-state index contributed by atoms with van der Waals surface area (Å²) in [6.07, 6.45) is 0.0486. The number of carbonyl (C=O) groups excluding carboxylic acids is 2. The Morgan fingerprint density at radius 2 is 1.82 bits per heavy atom. The van der Waals surface area contributed by atoms with Crippen molar-refractivity contribution in [2.75, 3.05) is 7.11 Å². The molecule has 0 fully saturated rings. The van der Waals surface area contributed by atoms with Gasteiger partial charge in [-0.15, -0.1) is 0 Å². The van der Waals surface area contributed by atoms with Crippen LogP contribution in [0.2, 0.25) is 0 Å². The second kappa shape index (κ2) is 10.2. The van der Waals surface area contributed by atoms with Crippen LogP contribution >= 0.6 is 0 Å². The van der Waals surface area contributed by atoms with Gasteiger partial charge in [0.25, 0.3) is 0 Å². The first kappa shape index (κ1) is 25.1. The Morgan fingerprint density at radius 1 is 1.12 bits per heavy atom. The molecule has 180 valence electrons. The third-order valence-electron chi connectivity index (χ3n) is 5.15.